The Bertz CT molecular complexity index is 644. The monoisotopic (exact) mass is 293 g/mol. The molecule has 0 atom stereocenters. The Labute approximate surface area is 118 Å². The number of rotatable bonds is 6. The van der Waals surface area contributed by atoms with Crippen LogP contribution in [0.25, 0.3) is 0 Å². The van der Waals surface area contributed by atoms with Crippen molar-refractivity contribution in [1.82, 2.24) is 20.3 Å². The van der Waals surface area contributed by atoms with Gasteiger partial charge in [-0.05, 0) is 18.6 Å². The molecule has 0 saturated carbocycles. The number of nitro groups is 1. The SMILES string of the molecule is O=C(NCCCn1ccnn1)c1cc(F)ccc1[N+](=O)[O-]. The number of hydrogen-bond donors (Lipinski definition) is 1. The number of aromatic nitrogens is 3. The molecule has 1 N–H and O–H groups in total. The van der Waals surface area contributed by atoms with E-state index in [1.807, 2.05) is 0 Å². The van der Waals surface area contributed by atoms with E-state index in [9.17, 15) is 19.3 Å². The molecule has 9 heteroatoms. The quantitative estimate of drug-likeness (QED) is 0.489. The third-order valence-electron chi connectivity index (χ3n) is 2.72. The zero-order chi connectivity index (χ0) is 15.2. The summed E-state index contributed by atoms with van der Waals surface area (Å²) in [5.74, 6) is -1.38. The minimum atomic E-state index is -0.718. The molecular weight excluding hydrogens is 281 g/mol. The van der Waals surface area contributed by atoms with E-state index in [0.29, 0.717) is 13.0 Å². The van der Waals surface area contributed by atoms with Gasteiger partial charge in [0.2, 0.25) is 0 Å². The second-order valence-electron chi connectivity index (χ2n) is 4.19. The van der Waals surface area contributed by atoms with Gasteiger partial charge < -0.3 is 5.32 Å². The minimum Gasteiger partial charge on any atom is -0.352 e. The maximum Gasteiger partial charge on any atom is 0.282 e. The van der Waals surface area contributed by atoms with E-state index in [2.05, 4.69) is 15.6 Å². The van der Waals surface area contributed by atoms with E-state index in [1.54, 1.807) is 10.9 Å². The van der Waals surface area contributed by atoms with Gasteiger partial charge in [-0.1, -0.05) is 5.21 Å². The van der Waals surface area contributed by atoms with E-state index >= 15 is 0 Å². The largest absolute Gasteiger partial charge is 0.352 e. The summed E-state index contributed by atoms with van der Waals surface area (Å²) in [4.78, 5) is 22.0. The van der Waals surface area contributed by atoms with Gasteiger partial charge in [-0.25, -0.2) is 4.39 Å². The number of aryl methyl sites for hydroxylation is 1. The van der Waals surface area contributed by atoms with Gasteiger partial charge >= 0.3 is 0 Å². The molecule has 0 fully saturated rings. The maximum atomic E-state index is 13.1. The van der Waals surface area contributed by atoms with Crippen LogP contribution in [0.3, 0.4) is 0 Å². The topological polar surface area (TPSA) is 103 Å². The standard InChI is InChI=1S/C12H12FN5O3/c13-9-2-3-11(18(20)21)10(8-9)12(19)14-4-1-6-17-7-5-15-16-17/h2-3,5,7-8H,1,4,6H2,(H,14,19). The van der Waals surface area contributed by atoms with E-state index in [1.165, 1.54) is 6.20 Å². The molecule has 0 saturated heterocycles. The maximum absolute atomic E-state index is 13.1. The molecule has 0 aliphatic rings. The molecule has 0 aliphatic carbocycles. The summed E-state index contributed by atoms with van der Waals surface area (Å²) in [5.41, 5.74) is -0.717. The predicted molar refractivity (Wildman–Crippen MR) is 70.0 cm³/mol. The summed E-state index contributed by atoms with van der Waals surface area (Å²) in [5, 5.41) is 20.7. The van der Waals surface area contributed by atoms with Gasteiger partial charge in [0.25, 0.3) is 11.6 Å². The lowest BCUT2D eigenvalue weighted by atomic mass is 10.1. The Morgan fingerprint density at radius 1 is 1.48 bits per heavy atom. The smallest absolute Gasteiger partial charge is 0.282 e. The van der Waals surface area contributed by atoms with Crippen molar-refractivity contribution in [3.63, 3.8) is 0 Å². The number of halogens is 1. The Hall–Kier alpha value is -2.84. The Kier molecular flexibility index (Phi) is 4.54. The molecule has 0 radical (unpaired) electrons. The molecule has 0 spiro atoms. The van der Waals surface area contributed by atoms with Crippen LogP contribution in [0.4, 0.5) is 10.1 Å². The van der Waals surface area contributed by atoms with Crippen LogP contribution in [0.5, 0.6) is 0 Å². The van der Waals surface area contributed by atoms with E-state index in [-0.39, 0.29) is 12.1 Å². The number of benzene rings is 1. The first-order valence-electron chi connectivity index (χ1n) is 6.14. The van der Waals surface area contributed by atoms with Crippen LogP contribution in [-0.2, 0) is 6.54 Å². The zero-order valence-electron chi connectivity index (χ0n) is 10.9. The number of nitrogens with one attached hydrogen (secondary N) is 1. The normalized spacial score (nSPS) is 10.3. The third-order valence-corrected chi connectivity index (χ3v) is 2.72. The Morgan fingerprint density at radius 2 is 2.29 bits per heavy atom. The molecule has 8 nitrogen and oxygen atoms in total. The molecular formula is C12H12FN5O3. The highest BCUT2D eigenvalue weighted by Gasteiger charge is 2.20. The molecule has 0 unspecified atom stereocenters. The highest BCUT2D eigenvalue weighted by Crippen LogP contribution is 2.19. The van der Waals surface area contributed by atoms with Gasteiger partial charge in [-0.15, -0.1) is 5.10 Å². The van der Waals surface area contributed by atoms with Crippen LogP contribution in [0.1, 0.15) is 16.8 Å². The van der Waals surface area contributed by atoms with E-state index in [0.717, 1.165) is 18.2 Å². The highest BCUT2D eigenvalue weighted by atomic mass is 19.1. The van der Waals surface area contributed by atoms with Crippen LogP contribution in [0.15, 0.2) is 30.6 Å². The van der Waals surface area contributed by atoms with Gasteiger partial charge in [0.15, 0.2) is 0 Å². The first-order chi connectivity index (χ1) is 10.1. The lowest BCUT2D eigenvalue weighted by molar-refractivity contribution is -0.385. The fourth-order valence-corrected chi connectivity index (χ4v) is 1.74. The predicted octanol–water partition coefficient (Wildman–Crippen LogP) is 1.15. The van der Waals surface area contributed by atoms with Gasteiger partial charge in [-0.2, -0.15) is 0 Å². The highest BCUT2D eigenvalue weighted by molar-refractivity contribution is 5.98. The first-order valence-corrected chi connectivity index (χ1v) is 6.14. The van der Waals surface area contributed by atoms with Crippen LogP contribution < -0.4 is 5.32 Å². The molecule has 1 aromatic heterocycles. The van der Waals surface area contributed by atoms with Crippen molar-refractivity contribution in [3.05, 3.63) is 52.1 Å². The lowest BCUT2D eigenvalue weighted by Crippen LogP contribution is -2.26. The number of nitro benzene ring substituents is 1. The summed E-state index contributed by atoms with van der Waals surface area (Å²) >= 11 is 0. The zero-order valence-corrected chi connectivity index (χ0v) is 10.9. The van der Waals surface area contributed by atoms with Gasteiger partial charge in [0.05, 0.1) is 11.1 Å². The van der Waals surface area contributed by atoms with Crippen molar-refractivity contribution in [3.8, 4) is 0 Å². The lowest BCUT2D eigenvalue weighted by Gasteiger charge is -2.06. The average Bonchev–Trinajstić information content (AvgIpc) is 2.96. The third kappa shape index (κ3) is 3.81. The molecule has 2 aromatic rings. The summed E-state index contributed by atoms with van der Waals surface area (Å²) in [6.07, 6.45) is 3.78. The molecule has 1 heterocycles. The number of hydrogen-bond acceptors (Lipinski definition) is 5. The van der Waals surface area contributed by atoms with Gasteiger partial charge in [-0.3, -0.25) is 19.6 Å². The molecule has 110 valence electrons. The molecule has 0 aliphatic heterocycles. The molecule has 0 bridgehead atoms. The molecule has 1 aromatic carbocycles. The summed E-state index contributed by atoms with van der Waals surface area (Å²) < 4.78 is 14.7. The van der Waals surface area contributed by atoms with Crippen molar-refractivity contribution >= 4 is 11.6 Å². The van der Waals surface area contributed by atoms with Crippen LogP contribution in [0, 0.1) is 15.9 Å². The van der Waals surface area contributed by atoms with Crippen LogP contribution in [-0.4, -0.2) is 32.4 Å². The summed E-state index contributed by atoms with van der Waals surface area (Å²) in [7, 11) is 0. The summed E-state index contributed by atoms with van der Waals surface area (Å²) in [6, 6.07) is 2.77. The van der Waals surface area contributed by atoms with Crippen molar-refractivity contribution < 1.29 is 14.1 Å². The van der Waals surface area contributed by atoms with Gasteiger partial charge in [0, 0.05) is 25.4 Å². The van der Waals surface area contributed by atoms with Gasteiger partial charge in [0.1, 0.15) is 11.4 Å². The molecule has 1 amide bonds. The van der Waals surface area contributed by atoms with Crippen molar-refractivity contribution in [2.45, 2.75) is 13.0 Å². The molecule has 21 heavy (non-hydrogen) atoms. The first kappa shape index (κ1) is 14.6. The Morgan fingerprint density at radius 3 is 2.95 bits per heavy atom. The van der Waals surface area contributed by atoms with Crippen LogP contribution >= 0.6 is 0 Å². The second kappa shape index (κ2) is 6.55. The van der Waals surface area contributed by atoms with Crippen LogP contribution in [0.2, 0.25) is 0 Å². The summed E-state index contributed by atoms with van der Waals surface area (Å²) in [6.45, 7) is 0.831. The fraction of sp³-hybridized carbons (Fsp3) is 0.250. The van der Waals surface area contributed by atoms with E-state index < -0.39 is 22.3 Å². The van der Waals surface area contributed by atoms with Crippen molar-refractivity contribution in [1.29, 1.82) is 0 Å². The van der Waals surface area contributed by atoms with Crippen molar-refractivity contribution in [2.24, 2.45) is 0 Å². The Balaban J connectivity index is 1.93. The minimum absolute atomic E-state index is 0.284. The number of carbonyl (C=O) groups excluding carboxylic acids is 1. The van der Waals surface area contributed by atoms with Crippen molar-refractivity contribution in [2.75, 3.05) is 6.54 Å². The van der Waals surface area contributed by atoms with E-state index in [4.69, 9.17) is 0 Å². The number of carbonyl (C=O) groups is 1. The number of amides is 1. The second-order valence-corrected chi connectivity index (χ2v) is 4.19. The fourth-order valence-electron chi connectivity index (χ4n) is 1.74. The average molecular weight is 293 g/mol. The molecule has 2 rings (SSSR count). The number of nitrogens with zero attached hydrogens (tertiary/aromatic N) is 4.